The summed E-state index contributed by atoms with van der Waals surface area (Å²) in [5.74, 6) is -1.10. The number of urea groups is 1. The number of amides is 2. The number of carboxylic acids is 1. The Hall–Kier alpha value is -1.72. The maximum atomic E-state index is 12.2. The molecule has 2 amide bonds. The molecule has 112 valence electrons. The molecular formula is C14H14Cl2N2O3. The van der Waals surface area contributed by atoms with E-state index >= 15 is 0 Å². The zero-order chi connectivity index (χ0) is 15.9. The molecule has 0 saturated heterocycles. The van der Waals surface area contributed by atoms with E-state index in [0.717, 1.165) is 0 Å². The lowest BCUT2D eigenvalue weighted by atomic mass is 9.93. The number of nitrogens with zero attached hydrogens (tertiary/aromatic N) is 2. The van der Waals surface area contributed by atoms with Crippen LogP contribution in [0.5, 0.6) is 0 Å². The van der Waals surface area contributed by atoms with Crippen LogP contribution >= 0.6 is 23.2 Å². The van der Waals surface area contributed by atoms with E-state index in [4.69, 9.17) is 23.2 Å². The number of halogens is 2. The van der Waals surface area contributed by atoms with Crippen molar-refractivity contribution in [1.29, 1.82) is 0 Å². The first kappa shape index (κ1) is 15.7. The van der Waals surface area contributed by atoms with Gasteiger partial charge in [-0.15, -0.1) is 0 Å². The number of aliphatic carboxylic acids is 1. The van der Waals surface area contributed by atoms with Gasteiger partial charge in [-0.3, -0.25) is 0 Å². The van der Waals surface area contributed by atoms with Gasteiger partial charge in [0.05, 0.1) is 21.7 Å². The Bertz CT molecular complexity index is 658. The molecule has 0 radical (unpaired) electrons. The average molecular weight is 329 g/mol. The highest BCUT2D eigenvalue weighted by Gasteiger charge is 2.39. The smallest absolute Gasteiger partial charge is 0.335 e. The molecule has 0 saturated carbocycles. The molecule has 0 aliphatic carbocycles. The van der Waals surface area contributed by atoms with Crippen molar-refractivity contribution in [1.82, 2.24) is 9.80 Å². The number of hydrogen-bond acceptors (Lipinski definition) is 2. The molecule has 5 nitrogen and oxygen atoms in total. The van der Waals surface area contributed by atoms with Crippen LogP contribution in [0.1, 0.15) is 18.5 Å². The minimum Gasteiger partial charge on any atom is -0.478 e. The molecule has 1 aromatic carbocycles. The molecular weight excluding hydrogens is 315 g/mol. The number of allylic oxidation sites excluding steroid dienone is 1. The van der Waals surface area contributed by atoms with E-state index in [1.165, 1.54) is 23.9 Å². The van der Waals surface area contributed by atoms with E-state index in [1.54, 1.807) is 25.1 Å². The monoisotopic (exact) mass is 328 g/mol. The van der Waals surface area contributed by atoms with E-state index in [1.807, 2.05) is 0 Å². The number of hydrogen-bond donors (Lipinski definition) is 1. The second-order valence-electron chi connectivity index (χ2n) is 4.80. The SMILES string of the molecule is CC1=C(C(=O)O)C(c2cccc(Cl)c2Cl)N(C)C(=O)N1C. The summed E-state index contributed by atoms with van der Waals surface area (Å²) in [6.45, 7) is 1.60. The highest BCUT2D eigenvalue weighted by atomic mass is 35.5. The molecule has 7 heteroatoms. The fraction of sp³-hybridized carbons (Fsp3) is 0.286. The average Bonchev–Trinajstić information content (AvgIpc) is 2.43. The van der Waals surface area contributed by atoms with E-state index in [0.29, 0.717) is 16.3 Å². The molecule has 0 spiro atoms. The summed E-state index contributed by atoms with van der Waals surface area (Å²) in [7, 11) is 3.07. The third-order valence-electron chi connectivity index (χ3n) is 3.65. The van der Waals surface area contributed by atoms with Gasteiger partial charge < -0.3 is 14.9 Å². The summed E-state index contributed by atoms with van der Waals surface area (Å²) in [4.78, 5) is 26.5. The Morgan fingerprint density at radius 1 is 1.29 bits per heavy atom. The van der Waals surface area contributed by atoms with Gasteiger partial charge in [0.2, 0.25) is 0 Å². The molecule has 0 bridgehead atoms. The van der Waals surface area contributed by atoms with E-state index in [-0.39, 0.29) is 16.6 Å². The van der Waals surface area contributed by atoms with Gasteiger partial charge in [-0.25, -0.2) is 9.59 Å². The van der Waals surface area contributed by atoms with Crippen molar-refractivity contribution in [3.63, 3.8) is 0 Å². The second kappa shape index (κ2) is 5.58. The molecule has 1 unspecified atom stereocenters. The predicted octanol–water partition coefficient (Wildman–Crippen LogP) is 3.39. The third kappa shape index (κ3) is 2.47. The largest absolute Gasteiger partial charge is 0.478 e. The van der Waals surface area contributed by atoms with E-state index in [2.05, 4.69) is 0 Å². The normalized spacial score (nSPS) is 19.3. The fourth-order valence-corrected chi connectivity index (χ4v) is 2.84. The molecule has 0 aromatic heterocycles. The molecule has 1 atom stereocenters. The molecule has 1 heterocycles. The van der Waals surface area contributed by atoms with Gasteiger partial charge >= 0.3 is 12.0 Å². The lowest BCUT2D eigenvalue weighted by Gasteiger charge is -2.39. The minimum absolute atomic E-state index is 0.101. The highest BCUT2D eigenvalue weighted by molar-refractivity contribution is 6.42. The Kier molecular flexibility index (Phi) is 4.16. The zero-order valence-corrected chi connectivity index (χ0v) is 13.2. The first-order valence-corrected chi connectivity index (χ1v) is 6.91. The van der Waals surface area contributed by atoms with Gasteiger partial charge in [-0.1, -0.05) is 35.3 Å². The molecule has 1 aromatic rings. The van der Waals surface area contributed by atoms with Crippen LogP contribution in [-0.4, -0.2) is 41.0 Å². The number of benzene rings is 1. The summed E-state index contributed by atoms with van der Waals surface area (Å²) in [5, 5.41) is 10.1. The minimum atomic E-state index is -1.10. The maximum Gasteiger partial charge on any atom is 0.335 e. The Morgan fingerprint density at radius 2 is 1.90 bits per heavy atom. The van der Waals surface area contributed by atoms with Crippen LogP contribution < -0.4 is 0 Å². The highest BCUT2D eigenvalue weighted by Crippen LogP contribution is 2.40. The quantitative estimate of drug-likeness (QED) is 0.905. The Balaban J connectivity index is 2.71. The molecule has 1 aliphatic heterocycles. The van der Waals surface area contributed by atoms with Gasteiger partial charge in [-0.05, 0) is 18.6 Å². The van der Waals surface area contributed by atoms with Crippen LogP contribution in [0, 0.1) is 0 Å². The lowest BCUT2D eigenvalue weighted by Crippen LogP contribution is -2.47. The molecule has 21 heavy (non-hydrogen) atoms. The summed E-state index contributed by atoms with van der Waals surface area (Å²) in [6.07, 6.45) is 0. The van der Waals surface area contributed by atoms with Crippen molar-refractivity contribution in [3.8, 4) is 0 Å². The first-order chi connectivity index (χ1) is 9.77. The van der Waals surface area contributed by atoms with Crippen molar-refractivity contribution in [2.45, 2.75) is 13.0 Å². The van der Waals surface area contributed by atoms with Crippen molar-refractivity contribution >= 4 is 35.2 Å². The number of rotatable bonds is 2. The summed E-state index contributed by atoms with van der Waals surface area (Å²) < 4.78 is 0. The zero-order valence-electron chi connectivity index (χ0n) is 11.7. The Morgan fingerprint density at radius 3 is 2.48 bits per heavy atom. The van der Waals surface area contributed by atoms with Gasteiger partial charge in [0.25, 0.3) is 0 Å². The number of carboxylic acid groups (broad SMARTS) is 1. The second-order valence-corrected chi connectivity index (χ2v) is 5.59. The van der Waals surface area contributed by atoms with Crippen LogP contribution in [0.4, 0.5) is 4.79 Å². The summed E-state index contributed by atoms with van der Waals surface area (Å²) in [6, 6.07) is 3.87. The van der Waals surface area contributed by atoms with E-state index < -0.39 is 12.0 Å². The summed E-state index contributed by atoms with van der Waals surface area (Å²) in [5.41, 5.74) is 0.972. The van der Waals surface area contributed by atoms with Crippen LogP contribution in [0.15, 0.2) is 29.5 Å². The van der Waals surface area contributed by atoms with Crippen molar-refractivity contribution in [3.05, 3.63) is 45.1 Å². The third-order valence-corrected chi connectivity index (χ3v) is 4.48. The molecule has 1 N–H and O–H groups in total. The fourth-order valence-electron chi connectivity index (χ4n) is 2.43. The van der Waals surface area contributed by atoms with Crippen LogP contribution in [0.2, 0.25) is 10.0 Å². The molecule has 1 aliphatic rings. The summed E-state index contributed by atoms with van der Waals surface area (Å²) >= 11 is 12.2. The lowest BCUT2D eigenvalue weighted by molar-refractivity contribution is -0.133. The van der Waals surface area contributed by atoms with Crippen molar-refractivity contribution in [2.24, 2.45) is 0 Å². The number of carbonyl (C=O) groups excluding carboxylic acids is 1. The van der Waals surface area contributed by atoms with Gasteiger partial charge in [0.1, 0.15) is 0 Å². The van der Waals surface area contributed by atoms with Crippen LogP contribution in [0.3, 0.4) is 0 Å². The maximum absolute atomic E-state index is 12.2. The Labute approximate surface area is 132 Å². The van der Waals surface area contributed by atoms with Gasteiger partial charge in [0, 0.05) is 19.8 Å². The van der Waals surface area contributed by atoms with Crippen LogP contribution in [0.25, 0.3) is 0 Å². The van der Waals surface area contributed by atoms with Gasteiger partial charge in [-0.2, -0.15) is 0 Å². The predicted molar refractivity (Wildman–Crippen MR) is 80.5 cm³/mol. The number of carbonyl (C=O) groups is 2. The number of likely N-dealkylation sites (N-methyl/N-ethyl adjacent to an activating group) is 1. The first-order valence-electron chi connectivity index (χ1n) is 6.15. The van der Waals surface area contributed by atoms with Crippen LogP contribution in [-0.2, 0) is 4.79 Å². The van der Waals surface area contributed by atoms with Gasteiger partial charge in [0.15, 0.2) is 0 Å². The topological polar surface area (TPSA) is 60.9 Å². The molecule has 2 rings (SSSR count). The molecule has 0 fully saturated rings. The van der Waals surface area contributed by atoms with Crippen molar-refractivity contribution < 1.29 is 14.7 Å². The standard InChI is InChI=1S/C14H14Cl2N2O3/c1-7-10(13(19)20)12(18(3)14(21)17(7)2)8-5-4-6-9(15)11(8)16/h4-6,12H,1-3H3,(H,19,20). The van der Waals surface area contributed by atoms with Crippen molar-refractivity contribution in [2.75, 3.05) is 14.1 Å². The van der Waals surface area contributed by atoms with E-state index in [9.17, 15) is 14.7 Å².